The highest BCUT2D eigenvalue weighted by Crippen LogP contribution is 2.21. The monoisotopic (exact) mass is 326 g/mol. The molecule has 2 nitrogen and oxygen atoms in total. The molecule has 3 aromatic carbocycles. The Labute approximate surface area is 125 Å². The molecule has 3 aromatic rings. The van der Waals surface area contributed by atoms with E-state index in [0.29, 0.717) is 11.3 Å². The van der Waals surface area contributed by atoms with Crippen molar-refractivity contribution in [3.8, 4) is 5.75 Å². The van der Waals surface area contributed by atoms with Crippen LogP contribution in [0.2, 0.25) is 0 Å². The van der Waals surface area contributed by atoms with Gasteiger partial charge in [0.15, 0.2) is 0 Å². The van der Waals surface area contributed by atoms with Gasteiger partial charge in [0.2, 0.25) is 0 Å². The van der Waals surface area contributed by atoms with Crippen molar-refractivity contribution in [2.45, 2.75) is 0 Å². The summed E-state index contributed by atoms with van der Waals surface area (Å²) in [6.07, 6.45) is 0. The second kappa shape index (κ2) is 5.47. The van der Waals surface area contributed by atoms with Crippen LogP contribution in [0.25, 0.3) is 10.8 Å². The lowest BCUT2D eigenvalue weighted by atomic mass is 10.0. The van der Waals surface area contributed by atoms with Gasteiger partial charge in [0.1, 0.15) is 5.75 Å². The van der Waals surface area contributed by atoms with Crippen molar-refractivity contribution in [2.24, 2.45) is 0 Å². The van der Waals surface area contributed by atoms with Gasteiger partial charge in [-0.15, -0.1) is 0 Å². The van der Waals surface area contributed by atoms with Crippen LogP contribution in [0.15, 0.2) is 71.2 Å². The predicted molar refractivity (Wildman–Crippen MR) is 83.0 cm³/mol. The predicted octanol–water partition coefficient (Wildman–Crippen LogP) is 4.82. The standard InChI is InChI=1S/C17H11BrO2/c18-13-8-10-14(11-9-13)20-17(19)16-7-3-5-12-4-1-2-6-15(12)16/h1-11H. The highest BCUT2D eigenvalue weighted by atomic mass is 79.9. The SMILES string of the molecule is O=C(Oc1ccc(Br)cc1)c1cccc2ccccc12. The molecule has 0 N–H and O–H groups in total. The van der Waals surface area contributed by atoms with E-state index in [1.807, 2.05) is 48.5 Å². The van der Waals surface area contributed by atoms with Crippen molar-refractivity contribution in [3.05, 3.63) is 76.8 Å². The van der Waals surface area contributed by atoms with Crippen LogP contribution < -0.4 is 4.74 Å². The molecule has 0 atom stereocenters. The van der Waals surface area contributed by atoms with Gasteiger partial charge in [-0.25, -0.2) is 4.79 Å². The normalized spacial score (nSPS) is 10.4. The molecule has 20 heavy (non-hydrogen) atoms. The molecule has 3 rings (SSSR count). The van der Waals surface area contributed by atoms with E-state index in [-0.39, 0.29) is 5.97 Å². The molecule has 0 radical (unpaired) electrons. The summed E-state index contributed by atoms with van der Waals surface area (Å²) < 4.78 is 6.35. The number of halogens is 1. The third kappa shape index (κ3) is 2.58. The Morgan fingerprint density at radius 1 is 0.850 bits per heavy atom. The Bertz CT molecular complexity index is 758. The number of carbonyl (C=O) groups excluding carboxylic acids is 1. The molecule has 0 saturated heterocycles. The second-order valence-electron chi connectivity index (χ2n) is 4.37. The second-order valence-corrected chi connectivity index (χ2v) is 5.29. The van der Waals surface area contributed by atoms with Gasteiger partial charge >= 0.3 is 5.97 Å². The maximum atomic E-state index is 12.3. The number of hydrogen-bond acceptors (Lipinski definition) is 2. The quantitative estimate of drug-likeness (QED) is 0.498. The van der Waals surface area contributed by atoms with E-state index in [2.05, 4.69) is 15.9 Å². The molecular weight excluding hydrogens is 316 g/mol. The summed E-state index contributed by atoms with van der Waals surface area (Å²) in [5.74, 6) is 0.190. The molecule has 0 heterocycles. The van der Waals surface area contributed by atoms with Gasteiger partial charge in [-0.3, -0.25) is 0 Å². The summed E-state index contributed by atoms with van der Waals surface area (Å²) >= 11 is 3.35. The minimum atomic E-state index is -0.343. The number of ether oxygens (including phenoxy) is 1. The van der Waals surface area contributed by atoms with E-state index in [4.69, 9.17) is 4.74 Å². The molecule has 0 unspecified atom stereocenters. The van der Waals surface area contributed by atoms with Crippen molar-refractivity contribution in [1.82, 2.24) is 0 Å². The van der Waals surface area contributed by atoms with Crippen LogP contribution in [0, 0.1) is 0 Å². The molecule has 0 bridgehead atoms. The Hall–Kier alpha value is -2.13. The third-order valence-electron chi connectivity index (χ3n) is 3.03. The van der Waals surface area contributed by atoms with Crippen LogP contribution in [0.1, 0.15) is 10.4 Å². The van der Waals surface area contributed by atoms with E-state index in [0.717, 1.165) is 15.2 Å². The molecule has 98 valence electrons. The van der Waals surface area contributed by atoms with Gasteiger partial charge in [0, 0.05) is 4.47 Å². The van der Waals surface area contributed by atoms with Crippen LogP contribution in [0.3, 0.4) is 0 Å². The fourth-order valence-electron chi connectivity index (χ4n) is 2.07. The average molecular weight is 327 g/mol. The van der Waals surface area contributed by atoms with Gasteiger partial charge in [0.05, 0.1) is 5.56 Å². The fraction of sp³-hybridized carbons (Fsp3) is 0. The van der Waals surface area contributed by atoms with Gasteiger partial charge in [-0.05, 0) is 41.1 Å². The maximum Gasteiger partial charge on any atom is 0.344 e. The smallest absolute Gasteiger partial charge is 0.344 e. The Morgan fingerprint density at radius 3 is 2.35 bits per heavy atom. The summed E-state index contributed by atoms with van der Waals surface area (Å²) in [7, 11) is 0. The number of carbonyl (C=O) groups is 1. The first-order valence-electron chi connectivity index (χ1n) is 6.19. The summed E-state index contributed by atoms with van der Waals surface area (Å²) in [5, 5.41) is 1.93. The van der Waals surface area contributed by atoms with Gasteiger partial charge in [0.25, 0.3) is 0 Å². The van der Waals surface area contributed by atoms with E-state index >= 15 is 0 Å². The minimum Gasteiger partial charge on any atom is -0.423 e. The molecule has 0 aliphatic rings. The molecular formula is C17H11BrO2. The number of benzene rings is 3. The van der Waals surface area contributed by atoms with E-state index in [1.54, 1.807) is 18.2 Å². The zero-order valence-corrected chi connectivity index (χ0v) is 12.1. The molecule has 3 heteroatoms. The third-order valence-corrected chi connectivity index (χ3v) is 3.56. The number of rotatable bonds is 2. The molecule has 0 spiro atoms. The first kappa shape index (κ1) is 12.9. The number of esters is 1. The number of fused-ring (bicyclic) bond motifs is 1. The molecule has 0 aromatic heterocycles. The Kier molecular flexibility index (Phi) is 3.52. The van der Waals surface area contributed by atoms with E-state index in [1.165, 1.54) is 0 Å². The highest BCUT2D eigenvalue weighted by Gasteiger charge is 2.11. The lowest BCUT2D eigenvalue weighted by Crippen LogP contribution is -2.08. The Balaban J connectivity index is 1.94. The molecule has 0 fully saturated rings. The summed E-state index contributed by atoms with van der Waals surface area (Å²) in [5.41, 5.74) is 0.575. The van der Waals surface area contributed by atoms with Crippen molar-refractivity contribution in [2.75, 3.05) is 0 Å². The largest absolute Gasteiger partial charge is 0.423 e. The Morgan fingerprint density at radius 2 is 1.55 bits per heavy atom. The number of hydrogen-bond donors (Lipinski definition) is 0. The summed E-state index contributed by atoms with van der Waals surface area (Å²) in [6, 6.07) is 20.6. The maximum absolute atomic E-state index is 12.3. The molecule has 0 aliphatic heterocycles. The molecule has 0 saturated carbocycles. The van der Waals surface area contributed by atoms with Crippen molar-refractivity contribution in [1.29, 1.82) is 0 Å². The van der Waals surface area contributed by atoms with Crippen molar-refractivity contribution >= 4 is 32.7 Å². The average Bonchev–Trinajstić information content (AvgIpc) is 2.49. The zero-order valence-electron chi connectivity index (χ0n) is 10.5. The fourth-order valence-corrected chi connectivity index (χ4v) is 2.33. The summed E-state index contributed by atoms with van der Waals surface area (Å²) in [4.78, 5) is 12.3. The lowest BCUT2D eigenvalue weighted by Gasteiger charge is -2.07. The molecule has 0 aliphatic carbocycles. The van der Waals surface area contributed by atoms with Gasteiger partial charge in [-0.2, -0.15) is 0 Å². The van der Waals surface area contributed by atoms with Crippen LogP contribution in [0.5, 0.6) is 5.75 Å². The van der Waals surface area contributed by atoms with Gasteiger partial charge in [-0.1, -0.05) is 52.3 Å². The van der Waals surface area contributed by atoms with Crippen LogP contribution in [0.4, 0.5) is 0 Å². The van der Waals surface area contributed by atoms with Crippen LogP contribution in [-0.2, 0) is 0 Å². The van der Waals surface area contributed by atoms with Crippen LogP contribution >= 0.6 is 15.9 Å². The van der Waals surface area contributed by atoms with E-state index < -0.39 is 0 Å². The lowest BCUT2D eigenvalue weighted by molar-refractivity contribution is 0.0737. The topological polar surface area (TPSA) is 26.3 Å². The first-order chi connectivity index (χ1) is 9.74. The van der Waals surface area contributed by atoms with Crippen molar-refractivity contribution in [3.63, 3.8) is 0 Å². The first-order valence-corrected chi connectivity index (χ1v) is 6.99. The van der Waals surface area contributed by atoms with Crippen LogP contribution in [-0.4, -0.2) is 5.97 Å². The zero-order chi connectivity index (χ0) is 13.9. The van der Waals surface area contributed by atoms with Crippen molar-refractivity contribution < 1.29 is 9.53 Å². The van der Waals surface area contributed by atoms with Gasteiger partial charge < -0.3 is 4.74 Å². The molecule has 0 amide bonds. The summed E-state index contributed by atoms with van der Waals surface area (Å²) in [6.45, 7) is 0. The minimum absolute atomic E-state index is 0.343. The van der Waals surface area contributed by atoms with E-state index in [9.17, 15) is 4.79 Å². The highest BCUT2D eigenvalue weighted by molar-refractivity contribution is 9.10.